The maximum absolute atomic E-state index is 13.8. The van der Waals surface area contributed by atoms with Crippen molar-refractivity contribution in [3.05, 3.63) is 110 Å². The highest BCUT2D eigenvalue weighted by atomic mass is 79.9. The first-order chi connectivity index (χ1) is 19.6. The number of ether oxygens (including phenoxy) is 2. The van der Waals surface area contributed by atoms with E-state index < -0.39 is 16.9 Å². The van der Waals surface area contributed by atoms with E-state index >= 15 is 0 Å². The molecule has 0 aliphatic carbocycles. The highest BCUT2D eigenvalue weighted by Gasteiger charge is 2.33. The van der Waals surface area contributed by atoms with Crippen molar-refractivity contribution < 1.29 is 23.6 Å². The van der Waals surface area contributed by atoms with Gasteiger partial charge in [0.05, 0.1) is 45.5 Å². The molecule has 210 valence electrons. The minimum Gasteiger partial charge on any atom is -0.497 e. The molecular formula is C28H21BrClN3O7S. The van der Waals surface area contributed by atoms with E-state index in [4.69, 9.17) is 25.5 Å². The number of nitro benzene ring substituents is 1. The Bertz CT molecular complexity index is 1910. The summed E-state index contributed by atoms with van der Waals surface area (Å²) < 4.78 is 18.5. The molecule has 0 amide bonds. The van der Waals surface area contributed by atoms with Crippen LogP contribution in [0.3, 0.4) is 0 Å². The SMILES string of the molecule is CCOC(=O)C1=C(C)N=c2s/c(=C\c3ccc(-c4cc(Cl)c(Br)c([N+](=O)[O-])c4)o3)c(=O)n2[C@@H]1c1ccc(OC)cc1. The summed E-state index contributed by atoms with van der Waals surface area (Å²) in [5.41, 5.74) is 1.23. The lowest BCUT2D eigenvalue weighted by molar-refractivity contribution is -0.385. The summed E-state index contributed by atoms with van der Waals surface area (Å²) in [6.45, 7) is 3.59. The zero-order valence-electron chi connectivity index (χ0n) is 21.8. The number of allylic oxidation sites excluding steroid dienone is 1. The van der Waals surface area contributed by atoms with Crippen LogP contribution in [-0.4, -0.2) is 29.2 Å². The average molecular weight is 659 g/mol. The normalized spacial score (nSPS) is 15.0. The third-order valence-electron chi connectivity index (χ3n) is 6.34. The molecule has 10 nitrogen and oxygen atoms in total. The molecule has 0 saturated heterocycles. The zero-order chi connectivity index (χ0) is 29.4. The summed E-state index contributed by atoms with van der Waals surface area (Å²) >= 11 is 10.5. The number of hydrogen-bond donors (Lipinski definition) is 0. The summed E-state index contributed by atoms with van der Waals surface area (Å²) in [7, 11) is 1.55. The van der Waals surface area contributed by atoms with Crippen LogP contribution in [0.1, 0.15) is 31.2 Å². The molecule has 0 unspecified atom stereocenters. The van der Waals surface area contributed by atoms with Crippen LogP contribution in [-0.2, 0) is 9.53 Å². The fourth-order valence-electron chi connectivity index (χ4n) is 4.46. The Labute approximate surface area is 250 Å². The number of fused-ring (bicyclic) bond motifs is 1. The molecule has 0 bridgehead atoms. The van der Waals surface area contributed by atoms with Crippen molar-refractivity contribution in [2.75, 3.05) is 13.7 Å². The summed E-state index contributed by atoms with van der Waals surface area (Å²) in [6, 6.07) is 12.5. The summed E-state index contributed by atoms with van der Waals surface area (Å²) in [5.74, 6) is 0.750. The quantitative estimate of drug-likeness (QED) is 0.148. The number of methoxy groups -OCH3 is 1. The van der Waals surface area contributed by atoms with Crippen molar-refractivity contribution in [1.29, 1.82) is 0 Å². The predicted octanol–water partition coefficient (Wildman–Crippen LogP) is 5.39. The first-order valence-electron chi connectivity index (χ1n) is 12.2. The number of carbonyl (C=O) groups excluding carboxylic acids is 1. The number of esters is 1. The highest BCUT2D eigenvalue weighted by Crippen LogP contribution is 2.37. The van der Waals surface area contributed by atoms with Gasteiger partial charge in [0.2, 0.25) is 0 Å². The third-order valence-corrected chi connectivity index (χ3v) is 8.68. The largest absolute Gasteiger partial charge is 0.497 e. The van der Waals surface area contributed by atoms with Gasteiger partial charge in [-0.15, -0.1) is 0 Å². The Kier molecular flexibility index (Phi) is 7.98. The van der Waals surface area contributed by atoms with E-state index in [2.05, 4.69) is 20.9 Å². The monoisotopic (exact) mass is 657 g/mol. The lowest BCUT2D eigenvalue weighted by atomic mass is 9.96. The molecule has 0 N–H and O–H groups in total. The molecule has 2 aromatic carbocycles. The van der Waals surface area contributed by atoms with E-state index in [0.29, 0.717) is 43.4 Å². The maximum Gasteiger partial charge on any atom is 0.338 e. The number of aromatic nitrogens is 1. The van der Waals surface area contributed by atoms with E-state index in [9.17, 15) is 19.7 Å². The van der Waals surface area contributed by atoms with Gasteiger partial charge < -0.3 is 13.9 Å². The van der Waals surface area contributed by atoms with Crippen LogP contribution in [0.25, 0.3) is 17.4 Å². The number of rotatable bonds is 7. The van der Waals surface area contributed by atoms with Gasteiger partial charge in [-0.25, -0.2) is 9.79 Å². The van der Waals surface area contributed by atoms with Crippen LogP contribution in [0.5, 0.6) is 5.75 Å². The molecule has 3 heterocycles. The molecule has 0 fully saturated rings. The van der Waals surface area contributed by atoms with Crippen molar-refractivity contribution in [3.63, 3.8) is 0 Å². The van der Waals surface area contributed by atoms with Gasteiger partial charge in [-0.3, -0.25) is 19.5 Å². The number of benzene rings is 2. The van der Waals surface area contributed by atoms with Crippen molar-refractivity contribution in [2.24, 2.45) is 4.99 Å². The minimum atomic E-state index is -0.768. The van der Waals surface area contributed by atoms with E-state index in [1.165, 1.54) is 10.6 Å². The van der Waals surface area contributed by atoms with Gasteiger partial charge in [-0.2, -0.15) is 0 Å². The molecule has 4 aromatic rings. The molecule has 1 atom stereocenters. The van der Waals surface area contributed by atoms with Gasteiger partial charge in [-0.1, -0.05) is 35.1 Å². The molecule has 0 spiro atoms. The molecule has 1 aliphatic heterocycles. The summed E-state index contributed by atoms with van der Waals surface area (Å²) in [4.78, 5) is 42.7. The lowest BCUT2D eigenvalue weighted by Gasteiger charge is -2.24. The third kappa shape index (κ3) is 5.37. The summed E-state index contributed by atoms with van der Waals surface area (Å²) in [6.07, 6.45) is 1.57. The zero-order valence-corrected chi connectivity index (χ0v) is 25.0. The lowest BCUT2D eigenvalue weighted by Crippen LogP contribution is -2.39. The van der Waals surface area contributed by atoms with Crippen LogP contribution >= 0.6 is 38.9 Å². The highest BCUT2D eigenvalue weighted by molar-refractivity contribution is 9.10. The van der Waals surface area contributed by atoms with Crippen LogP contribution in [0.2, 0.25) is 5.02 Å². The molecule has 13 heteroatoms. The molecule has 0 radical (unpaired) electrons. The van der Waals surface area contributed by atoms with Crippen LogP contribution < -0.4 is 19.6 Å². The van der Waals surface area contributed by atoms with E-state index in [0.717, 1.165) is 11.3 Å². The molecule has 5 rings (SSSR count). The van der Waals surface area contributed by atoms with Gasteiger partial charge in [0, 0.05) is 17.7 Å². The Hall–Kier alpha value is -4.00. The predicted molar refractivity (Wildman–Crippen MR) is 157 cm³/mol. The molecule has 41 heavy (non-hydrogen) atoms. The average Bonchev–Trinajstić information content (AvgIpc) is 3.53. The second kappa shape index (κ2) is 11.5. The van der Waals surface area contributed by atoms with E-state index in [-0.39, 0.29) is 32.9 Å². The first-order valence-corrected chi connectivity index (χ1v) is 14.2. The van der Waals surface area contributed by atoms with Gasteiger partial charge in [0.25, 0.3) is 11.2 Å². The van der Waals surface area contributed by atoms with Crippen molar-refractivity contribution >= 4 is 56.6 Å². The number of thiazole rings is 1. The second-order valence-corrected chi connectivity index (χ2v) is 11.0. The van der Waals surface area contributed by atoms with Gasteiger partial charge in [0.1, 0.15) is 21.7 Å². The van der Waals surface area contributed by atoms with Crippen molar-refractivity contribution in [3.8, 4) is 17.1 Å². The number of halogens is 2. The second-order valence-electron chi connectivity index (χ2n) is 8.83. The Balaban J connectivity index is 1.62. The standard InChI is InChI=1S/C28H21BrClN3O7S/c1-4-39-27(35)23-14(2)31-28-32(25(23)15-5-7-17(38-3)8-6-15)26(34)22(41-28)13-18-9-10-21(40-18)16-11-19(30)24(29)20(12-16)33(36)37/h5-13,25H,4H2,1-3H3/b22-13-/t25-/m1/s1. The Morgan fingerprint density at radius 2 is 2.00 bits per heavy atom. The maximum atomic E-state index is 13.8. The number of furan rings is 1. The van der Waals surface area contributed by atoms with E-state index in [1.807, 2.05) is 0 Å². The summed E-state index contributed by atoms with van der Waals surface area (Å²) in [5, 5.41) is 11.6. The number of nitrogens with zero attached hydrogens (tertiary/aromatic N) is 3. The number of carbonyl (C=O) groups is 1. The topological polar surface area (TPSA) is 126 Å². The first kappa shape index (κ1) is 28.5. The number of hydrogen-bond acceptors (Lipinski definition) is 9. The fraction of sp³-hybridized carbons (Fsp3) is 0.179. The molecule has 1 aliphatic rings. The smallest absolute Gasteiger partial charge is 0.338 e. The van der Waals surface area contributed by atoms with Gasteiger partial charge >= 0.3 is 5.97 Å². The van der Waals surface area contributed by atoms with Crippen molar-refractivity contribution in [2.45, 2.75) is 19.9 Å². The molecule has 2 aromatic heterocycles. The van der Waals surface area contributed by atoms with Gasteiger partial charge in [0.15, 0.2) is 4.80 Å². The fourth-order valence-corrected chi connectivity index (χ4v) is 6.07. The number of nitro groups is 1. The Morgan fingerprint density at radius 3 is 2.66 bits per heavy atom. The van der Waals surface area contributed by atoms with Gasteiger partial charge in [-0.05, 0) is 65.7 Å². The van der Waals surface area contributed by atoms with Crippen LogP contribution in [0, 0.1) is 10.1 Å². The minimum absolute atomic E-state index is 0.159. The molecular weight excluding hydrogens is 638 g/mol. The Morgan fingerprint density at radius 1 is 1.27 bits per heavy atom. The molecule has 0 saturated carbocycles. The van der Waals surface area contributed by atoms with Crippen LogP contribution in [0.4, 0.5) is 5.69 Å². The van der Waals surface area contributed by atoms with Crippen LogP contribution in [0.15, 0.2) is 78.5 Å². The van der Waals surface area contributed by atoms with E-state index in [1.54, 1.807) is 69.5 Å². The van der Waals surface area contributed by atoms with Crippen molar-refractivity contribution in [1.82, 2.24) is 4.57 Å².